The van der Waals surface area contributed by atoms with Crippen molar-refractivity contribution in [3.63, 3.8) is 0 Å². The van der Waals surface area contributed by atoms with Crippen molar-refractivity contribution < 1.29 is 5.11 Å². The van der Waals surface area contributed by atoms with E-state index in [-0.39, 0.29) is 6.10 Å². The average molecular weight is 182 g/mol. The van der Waals surface area contributed by atoms with Gasteiger partial charge in [-0.15, -0.1) is 0 Å². The van der Waals surface area contributed by atoms with Gasteiger partial charge in [-0.25, -0.2) is 0 Å². The number of aliphatic hydroxyl groups is 1. The summed E-state index contributed by atoms with van der Waals surface area (Å²) in [6.45, 7) is 4.31. The molecule has 0 amide bonds. The van der Waals surface area contributed by atoms with Crippen molar-refractivity contribution in [3.05, 3.63) is 0 Å². The Morgan fingerprint density at radius 2 is 1.54 bits per heavy atom. The van der Waals surface area contributed by atoms with Crippen LogP contribution in [0.4, 0.5) is 0 Å². The summed E-state index contributed by atoms with van der Waals surface area (Å²) in [7, 11) is 0. The predicted octanol–water partition coefficient (Wildman–Crippen LogP) is 2.97. The van der Waals surface area contributed by atoms with Crippen LogP contribution in [-0.4, -0.2) is 11.2 Å². The van der Waals surface area contributed by atoms with Crippen molar-refractivity contribution in [1.82, 2.24) is 0 Å². The molecule has 0 aliphatic heterocycles. The van der Waals surface area contributed by atoms with Gasteiger partial charge in [0.25, 0.3) is 0 Å². The first kappa shape index (κ1) is 9.51. The zero-order valence-electron chi connectivity index (χ0n) is 8.92. The molecule has 0 aromatic rings. The van der Waals surface area contributed by atoms with Gasteiger partial charge in [-0.1, -0.05) is 13.8 Å². The molecule has 0 aromatic heterocycles. The van der Waals surface area contributed by atoms with Gasteiger partial charge in [0.2, 0.25) is 0 Å². The molecule has 0 aromatic carbocycles. The molecule has 0 heterocycles. The maximum Gasteiger partial charge on any atom is 0.0619 e. The predicted molar refractivity (Wildman–Crippen MR) is 54.5 cm³/mol. The number of hydrogen-bond acceptors (Lipinski definition) is 1. The molecule has 1 nitrogen and oxygen atoms in total. The molecule has 1 atom stereocenters. The standard InChI is InChI=1S/C12H22O/c1-9(2)11(13)12-6-3-10(4-7-12)5-8-12/h9-11,13H,3-8H2,1-2H3/t10?,11-,12?/m1/s1. The monoisotopic (exact) mass is 182 g/mol. The van der Waals surface area contributed by atoms with Crippen LogP contribution in [0.1, 0.15) is 52.4 Å². The van der Waals surface area contributed by atoms with Gasteiger partial charge in [0.1, 0.15) is 0 Å². The summed E-state index contributed by atoms with van der Waals surface area (Å²) in [5, 5.41) is 10.2. The molecule has 3 saturated carbocycles. The molecule has 2 bridgehead atoms. The lowest BCUT2D eigenvalue weighted by Gasteiger charge is -2.50. The van der Waals surface area contributed by atoms with E-state index in [1.54, 1.807) is 0 Å². The number of rotatable bonds is 2. The fourth-order valence-corrected chi connectivity index (χ4v) is 3.43. The zero-order valence-corrected chi connectivity index (χ0v) is 8.92. The van der Waals surface area contributed by atoms with E-state index < -0.39 is 0 Å². The van der Waals surface area contributed by atoms with Gasteiger partial charge < -0.3 is 5.11 Å². The maximum atomic E-state index is 10.2. The summed E-state index contributed by atoms with van der Waals surface area (Å²) < 4.78 is 0. The van der Waals surface area contributed by atoms with E-state index >= 15 is 0 Å². The third-order valence-corrected chi connectivity index (χ3v) is 4.41. The normalized spacial score (nSPS) is 41.1. The van der Waals surface area contributed by atoms with Gasteiger partial charge in [-0.2, -0.15) is 0 Å². The van der Waals surface area contributed by atoms with E-state index in [1.807, 2.05) is 0 Å². The van der Waals surface area contributed by atoms with Crippen LogP contribution >= 0.6 is 0 Å². The van der Waals surface area contributed by atoms with Gasteiger partial charge in [-0.3, -0.25) is 0 Å². The molecule has 3 aliphatic carbocycles. The highest BCUT2D eigenvalue weighted by Crippen LogP contribution is 2.53. The second-order valence-corrected chi connectivity index (χ2v) is 5.53. The second-order valence-electron chi connectivity index (χ2n) is 5.53. The highest BCUT2D eigenvalue weighted by atomic mass is 16.3. The zero-order chi connectivity index (χ0) is 9.47. The van der Waals surface area contributed by atoms with Gasteiger partial charge in [0.15, 0.2) is 0 Å². The molecule has 1 heteroatoms. The Bertz CT molecular complexity index is 164. The van der Waals surface area contributed by atoms with Crippen LogP contribution in [0.3, 0.4) is 0 Å². The fourth-order valence-electron chi connectivity index (χ4n) is 3.43. The van der Waals surface area contributed by atoms with Gasteiger partial charge in [-0.05, 0) is 55.8 Å². The molecule has 0 radical (unpaired) electrons. The summed E-state index contributed by atoms with van der Waals surface area (Å²) in [6, 6.07) is 0. The van der Waals surface area contributed by atoms with Gasteiger partial charge >= 0.3 is 0 Å². The Kier molecular flexibility index (Phi) is 2.39. The van der Waals surface area contributed by atoms with Crippen LogP contribution in [0.25, 0.3) is 0 Å². The molecule has 3 aliphatic rings. The van der Waals surface area contributed by atoms with Crippen LogP contribution in [0.15, 0.2) is 0 Å². The van der Waals surface area contributed by atoms with E-state index in [1.165, 1.54) is 38.5 Å². The number of hydrogen-bond donors (Lipinski definition) is 1. The minimum absolute atomic E-state index is 0.0475. The molecule has 3 rings (SSSR count). The largest absolute Gasteiger partial charge is 0.392 e. The minimum Gasteiger partial charge on any atom is -0.392 e. The third-order valence-electron chi connectivity index (χ3n) is 4.41. The minimum atomic E-state index is -0.0475. The molecule has 0 saturated heterocycles. The van der Waals surface area contributed by atoms with E-state index in [0.29, 0.717) is 11.3 Å². The Hall–Kier alpha value is -0.0400. The highest BCUT2D eigenvalue weighted by Gasteiger charge is 2.45. The third kappa shape index (κ3) is 1.52. The van der Waals surface area contributed by atoms with E-state index in [0.717, 1.165) is 5.92 Å². The summed E-state index contributed by atoms with van der Waals surface area (Å²) in [6.07, 6.45) is 7.95. The second kappa shape index (κ2) is 3.27. The SMILES string of the molecule is CC(C)[C@@H](O)C12CCC(CC1)CC2. The first-order valence-electron chi connectivity index (χ1n) is 5.82. The summed E-state index contributed by atoms with van der Waals surface area (Å²) >= 11 is 0. The topological polar surface area (TPSA) is 20.2 Å². The van der Waals surface area contributed by atoms with Crippen LogP contribution < -0.4 is 0 Å². The maximum absolute atomic E-state index is 10.2. The molecule has 3 fully saturated rings. The lowest BCUT2D eigenvalue weighted by atomic mass is 9.57. The van der Waals surface area contributed by atoms with Crippen molar-refractivity contribution >= 4 is 0 Å². The molecule has 1 N–H and O–H groups in total. The molecule has 0 spiro atoms. The average Bonchev–Trinajstić information content (AvgIpc) is 2.19. The lowest BCUT2D eigenvalue weighted by molar-refractivity contribution is -0.0750. The Morgan fingerprint density at radius 1 is 1.08 bits per heavy atom. The molecular weight excluding hydrogens is 160 g/mol. The van der Waals surface area contributed by atoms with Crippen LogP contribution in [-0.2, 0) is 0 Å². The summed E-state index contributed by atoms with van der Waals surface area (Å²) in [5.41, 5.74) is 0.322. The van der Waals surface area contributed by atoms with E-state index in [4.69, 9.17) is 0 Å². The van der Waals surface area contributed by atoms with Crippen LogP contribution in [0.2, 0.25) is 0 Å². The van der Waals surface area contributed by atoms with Crippen LogP contribution in [0.5, 0.6) is 0 Å². The smallest absolute Gasteiger partial charge is 0.0619 e. The van der Waals surface area contributed by atoms with Crippen molar-refractivity contribution in [2.75, 3.05) is 0 Å². The Morgan fingerprint density at radius 3 is 1.92 bits per heavy atom. The number of aliphatic hydroxyl groups excluding tert-OH is 1. The quantitative estimate of drug-likeness (QED) is 0.696. The van der Waals surface area contributed by atoms with Crippen molar-refractivity contribution in [1.29, 1.82) is 0 Å². The van der Waals surface area contributed by atoms with Crippen LogP contribution in [0, 0.1) is 17.3 Å². The first-order valence-corrected chi connectivity index (χ1v) is 5.82. The molecular formula is C12H22O. The Balaban J connectivity index is 2.09. The summed E-state index contributed by atoms with van der Waals surface area (Å²) in [5.74, 6) is 1.44. The lowest BCUT2D eigenvalue weighted by Crippen LogP contribution is -2.45. The van der Waals surface area contributed by atoms with Crippen molar-refractivity contribution in [2.45, 2.75) is 58.5 Å². The first-order chi connectivity index (χ1) is 6.14. The molecule has 13 heavy (non-hydrogen) atoms. The van der Waals surface area contributed by atoms with E-state index in [2.05, 4.69) is 13.8 Å². The van der Waals surface area contributed by atoms with Crippen molar-refractivity contribution in [3.8, 4) is 0 Å². The van der Waals surface area contributed by atoms with Gasteiger partial charge in [0.05, 0.1) is 6.10 Å². The number of fused-ring (bicyclic) bond motifs is 3. The highest BCUT2D eigenvalue weighted by molar-refractivity contribution is 4.96. The van der Waals surface area contributed by atoms with Crippen molar-refractivity contribution in [2.24, 2.45) is 17.3 Å². The summed E-state index contributed by atoms with van der Waals surface area (Å²) in [4.78, 5) is 0. The van der Waals surface area contributed by atoms with E-state index in [9.17, 15) is 5.11 Å². The molecule has 76 valence electrons. The van der Waals surface area contributed by atoms with Gasteiger partial charge in [0, 0.05) is 0 Å². The Labute approximate surface area is 81.5 Å². The molecule has 0 unspecified atom stereocenters. The fraction of sp³-hybridized carbons (Fsp3) is 1.00.